The number of rotatable bonds is 5. The number of hydrogen-bond donors (Lipinski definition) is 0. The molecule has 1 aromatic heterocycles. The molecule has 1 aromatic carbocycles. The lowest BCUT2D eigenvalue weighted by atomic mass is 10.3. The Bertz CT molecular complexity index is 1020. The molecule has 2 aromatic rings. The van der Waals surface area contributed by atoms with E-state index in [-0.39, 0.29) is 28.0 Å². The first-order valence-corrected chi connectivity index (χ1v) is 10.2. The summed E-state index contributed by atoms with van der Waals surface area (Å²) in [6.07, 6.45) is -3.40. The second-order valence-electron chi connectivity index (χ2n) is 5.96. The zero-order valence-corrected chi connectivity index (χ0v) is 16.0. The second kappa shape index (κ2) is 7.33. The van der Waals surface area contributed by atoms with E-state index in [1.807, 2.05) is 0 Å². The summed E-state index contributed by atoms with van der Waals surface area (Å²) in [6.45, 7) is 0.550. The molecule has 1 saturated heterocycles. The SMILES string of the molecule is Cn1c(Sc2ccc([N+](=O)[O-])cc2S(=O)(=O)N2CCCC2)nnc1C(F)(F)F. The van der Waals surface area contributed by atoms with Crippen molar-refractivity contribution in [2.45, 2.75) is 34.0 Å². The third-order valence-electron chi connectivity index (χ3n) is 4.11. The number of hydrogen-bond acceptors (Lipinski definition) is 7. The highest BCUT2D eigenvalue weighted by Crippen LogP contribution is 2.37. The summed E-state index contributed by atoms with van der Waals surface area (Å²) in [5.41, 5.74) is -0.434. The average Bonchev–Trinajstić information content (AvgIpc) is 3.25. The molecule has 0 unspecified atom stereocenters. The van der Waals surface area contributed by atoms with E-state index in [1.54, 1.807) is 0 Å². The van der Waals surface area contributed by atoms with E-state index in [9.17, 15) is 31.7 Å². The summed E-state index contributed by atoms with van der Waals surface area (Å²) in [4.78, 5) is 10.0. The topological polar surface area (TPSA) is 111 Å². The lowest BCUT2D eigenvalue weighted by Gasteiger charge is -2.17. The van der Waals surface area contributed by atoms with E-state index in [2.05, 4.69) is 10.2 Å². The monoisotopic (exact) mass is 437 g/mol. The van der Waals surface area contributed by atoms with E-state index >= 15 is 0 Å². The Morgan fingerprint density at radius 1 is 1.21 bits per heavy atom. The fourth-order valence-corrected chi connectivity index (χ4v) is 5.56. The Hall–Kier alpha value is -2.19. The molecule has 14 heteroatoms. The van der Waals surface area contributed by atoms with Crippen molar-refractivity contribution in [3.63, 3.8) is 0 Å². The van der Waals surface area contributed by atoms with Gasteiger partial charge in [0.25, 0.3) is 5.69 Å². The number of alkyl halides is 3. The van der Waals surface area contributed by atoms with Crippen LogP contribution in [0.25, 0.3) is 0 Å². The Labute approximate surface area is 161 Å². The molecule has 28 heavy (non-hydrogen) atoms. The van der Waals surface area contributed by atoms with Crippen LogP contribution in [0.2, 0.25) is 0 Å². The third-order valence-corrected chi connectivity index (χ3v) is 7.29. The summed E-state index contributed by atoms with van der Waals surface area (Å²) in [5, 5.41) is 17.4. The molecule has 2 heterocycles. The Kier molecular flexibility index (Phi) is 5.38. The first-order chi connectivity index (χ1) is 13.0. The molecule has 0 spiro atoms. The molecule has 3 rings (SSSR count). The maximum atomic E-state index is 12.9. The lowest BCUT2D eigenvalue weighted by Crippen LogP contribution is -2.28. The van der Waals surface area contributed by atoms with Gasteiger partial charge in [0, 0.05) is 37.2 Å². The standard InChI is InChI=1S/C14H14F3N5O4S2/c1-20-12(14(15,16)17)18-19-13(20)27-10-5-4-9(22(23)24)8-11(10)28(25,26)21-6-2-3-7-21/h4-5,8H,2-3,6-7H2,1H3. The second-order valence-corrected chi connectivity index (χ2v) is 8.88. The van der Waals surface area contributed by atoms with Gasteiger partial charge in [0.05, 0.1) is 4.92 Å². The highest BCUT2D eigenvalue weighted by Gasteiger charge is 2.38. The van der Waals surface area contributed by atoms with Crippen LogP contribution in [0.1, 0.15) is 18.7 Å². The summed E-state index contributed by atoms with van der Waals surface area (Å²) in [5.74, 6) is -1.24. The van der Waals surface area contributed by atoms with Gasteiger partial charge in [-0.25, -0.2) is 8.42 Å². The van der Waals surface area contributed by atoms with Crippen LogP contribution < -0.4 is 0 Å². The Balaban J connectivity index is 2.06. The van der Waals surface area contributed by atoms with E-state index in [1.165, 1.54) is 10.4 Å². The van der Waals surface area contributed by atoms with E-state index in [0.717, 1.165) is 19.2 Å². The van der Waals surface area contributed by atoms with E-state index in [4.69, 9.17) is 0 Å². The van der Waals surface area contributed by atoms with Gasteiger partial charge in [-0.2, -0.15) is 17.5 Å². The Morgan fingerprint density at radius 3 is 2.39 bits per heavy atom. The fraction of sp³-hybridized carbons (Fsp3) is 0.429. The van der Waals surface area contributed by atoms with Crippen molar-refractivity contribution in [3.05, 3.63) is 34.1 Å². The molecule has 1 aliphatic heterocycles. The maximum Gasteiger partial charge on any atom is 0.451 e. The highest BCUT2D eigenvalue weighted by molar-refractivity contribution is 8.00. The molecular formula is C14H14F3N5O4S2. The maximum absolute atomic E-state index is 12.9. The van der Waals surface area contributed by atoms with Gasteiger partial charge in [-0.1, -0.05) is 0 Å². The van der Waals surface area contributed by atoms with Crippen LogP contribution in [0.4, 0.5) is 18.9 Å². The van der Waals surface area contributed by atoms with Crippen LogP contribution in [0.5, 0.6) is 0 Å². The zero-order chi connectivity index (χ0) is 20.7. The number of non-ortho nitro benzene ring substituents is 1. The smallest absolute Gasteiger partial charge is 0.301 e. The quantitative estimate of drug-likeness (QED) is 0.522. The number of halogens is 3. The molecule has 0 radical (unpaired) electrons. The van der Waals surface area contributed by atoms with Crippen molar-refractivity contribution in [1.29, 1.82) is 0 Å². The molecule has 0 aliphatic carbocycles. The van der Waals surface area contributed by atoms with Crippen LogP contribution in [0, 0.1) is 10.1 Å². The minimum absolute atomic E-state index is 0.0294. The van der Waals surface area contributed by atoms with E-state index in [0.29, 0.717) is 29.2 Å². The summed E-state index contributed by atoms with van der Waals surface area (Å²) < 4.78 is 66.5. The van der Waals surface area contributed by atoms with Crippen LogP contribution in [-0.4, -0.2) is 45.5 Å². The number of nitro groups is 1. The molecule has 9 nitrogen and oxygen atoms in total. The number of aromatic nitrogens is 3. The van der Waals surface area contributed by atoms with Gasteiger partial charge in [0.1, 0.15) is 4.90 Å². The van der Waals surface area contributed by atoms with Gasteiger partial charge >= 0.3 is 6.18 Å². The molecule has 152 valence electrons. The van der Waals surface area contributed by atoms with Crippen molar-refractivity contribution in [2.75, 3.05) is 13.1 Å². The number of nitrogens with zero attached hydrogens (tertiary/aromatic N) is 5. The normalized spacial score (nSPS) is 15.9. The van der Waals surface area contributed by atoms with Gasteiger partial charge in [-0.05, 0) is 30.7 Å². The van der Waals surface area contributed by atoms with Gasteiger partial charge in [0.15, 0.2) is 5.16 Å². The van der Waals surface area contributed by atoms with Crippen molar-refractivity contribution >= 4 is 27.5 Å². The van der Waals surface area contributed by atoms with Crippen molar-refractivity contribution in [2.24, 2.45) is 7.05 Å². The summed E-state index contributed by atoms with van der Waals surface area (Å²) >= 11 is 0.645. The van der Waals surface area contributed by atoms with Gasteiger partial charge in [-0.3, -0.25) is 10.1 Å². The molecule has 0 bridgehead atoms. The van der Waals surface area contributed by atoms with Gasteiger partial charge < -0.3 is 4.57 Å². The lowest BCUT2D eigenvalue weighted by molar-refractivity contribution is -0.385. The molecule has 1 aliphatic rings. The van der Waals surface area contributed by atoms with Gasteiger partial charge in [-0.15, -0.1) is 10.2 Å². The predicted octanol–water partition coefficient (Wildman–Crippen LogP) is 2.68. The largest absolute Gasteiger partial charge is 0.451 e. The summed E-state index contributed by atoms with van der Waals surface area (Å²) in [7, 11) is -2.95. The molecule has 0 atom stereocenters. The first-order valence-electron chi connectivity index (χ1n) is 7.95. The molecule has 1 fully saturated rings. The number of sulfonamides is 1. The van der Waals surface area contributed by atoms with Crippen LogP contribution >= 0.6 is 11.8 Å². The molecule has 0 saturated carbocycles. The van der Waals surface area contributed by atoms with Crippen molar-refractivity contribution in [1.82, 2.24) is 19.1 Å². The first kappa shape index (κ1) is 20.5. The van der Waals surface area contributed by atoms with Crippen LogP contribution in [-0.2, 0) is 23.2 Å². The highest BCUT2D eigenvalue weighted by atomic mass is 32.2. The van der Waals surface area contributed by atoms with Crippen LogP contribution in [0.15, 0.2) is 33.1 Å². The van der Waals surface area contributed by atoms with Crippen LogP contribution in [0.3, 0.4) is 0 Å². The number of nitro benzene ring substituents is 1. The fourth-order valence-electron chi connectivity index (χ4n) is 2.71. The minimum Gasteiger partial charge on any atom is -0.301 e. The Morgan fingerprint density at radius 2 is 1.86 bits per heavy atom. The minimum atomic E-state index is -4.72. The average molecular weight is 437 g/mol. The third kappa shape index (κ3) is 3.84. The summed E-state index contributed by atoms with van der Waals surface area (Å²) in [6, 6.07) is 3.19. The van der Waals surface area contributed by atoms with Crippen molar-refractivity contribution < 1.29 is 26.5 Å². The molecule has 0 N–H and O–H groups in total. The predicted molar refractivity (Wildman–Crippen MR) is 91.2 cm³/mol. The molecular weight excluding hydrogens is 423 g/mol. The van der Waals surface area contributed by atoms with Crippen molar-refractivity contribution in [3.8, 4) is 0 Å². The van der Waals surface area contributed by atoms with E-state index < -0.39 is 32.6 Å². The number of benzene rings is 1. The zero-order valence-electron chi connectivity index (χ0n) is 14.4. The molecule has 0 amide bonds. The van der Waals surface area contributed by atoms with Gasteiger partial charge in [0.2, 0.25) is 15.8 Å².